The van der Waals surface area contributed by atoms with E-state index in [2.05, 4.69) is 54.6 Å². The second-order valence-electron chi connectivity index (χ2n) is 7.26. The second-order valence-corrected chi connectivity index (χ2v) is 7.26. The van der Waals surface area contributed by atoms with E-state index in [0.29, 0.717) is 0 Å². The molecule has 2 heteroatoms. The van der Waals surface area contributed by atoms with E-state index in [1.165, 1.54) is 49.3 Å². The van der Waals surface area contributed by atoms with Gasteiger partial charge in [0.25, 0.3) is 0 Å². The summed E-state index contributed by atoms with van der Waals surface area (Å²) >= 11 is 0. The maximum absolute atomic E-state index is 9.97. The van der Waals surface area contributed by atoms with Crippen molar-refractivity contribution in [3.05, 3.63) is 60.2 Å². The van der Waals surface area contributed by atoms with E-state index in [0.717, 1.165) is 25.9 Å². The third kappa shape index (κ3) is 2.18. The monoisotopic (exact) mass is 316 g/mol. The van der Waals surface area contributed by atoms with Crippen molar-refractivity contribution in [2.45, 2.75) is 25.5 Å². The number of rotatable bonds is 2. The van der Waals surface area contributed by atoms with Crippen LogP contribution in [0.4, 0.5) is 0 Å². The summed E-state index contributed by atoms with van der Waals surface area (Å²) in [5.74, 6) is 0. The van der Waals surface area contributed by atoms with E-state index in [4.69, 9.17) is 0 Å². The van der Waals surface area contributed by atoms with Crippen molar-refractivity contribution in [3.63, 3.8) is 0 Å². The number of aliphatic hydroxyl groups excluding tert-OH is 1. The Kier molecular flexibility index (Phi) is 3.22. The van der Waals surface area contributed by atoms with E-state index >= 15 is 0 Å². The summed E-state index contributed by atoms with van der Waals surface area (Å²) in [6.07, 6.45) is 1.96. The van der Waals surface area contributed by atoms with Gasteiger partial charge in [-0.25, -0.2) is 0 Å². The Bertz CT molecular complexity index is 1010. The molecular weight excluding hydrogens is 294 g/mol. The molecule has 4 aromatic carbocycles. The molecule has 1 unspecified atom stereocenters. The second kappa shape index (κ2) is 5.44. The number of hydrogen-bond acceptors (Lipinski definition) is 1. The normalized spacial score (nSPS) is 21.9. The van der Waals surface area contributed by atoms with E-state index in [-0.39, 0.29) is 6.10 Å². The molecule has 120 valence electrons. The molecule has 0 aromatic heterocycles. The molecule has 0 radical (unpaired) electrons. The first-order chi connectivity index (χ1) is 11.8. The molecule has 1 saturated heterocycles. The largest absolute Gasteiger partial charge is 0.387 e. The quantitative estimate of drug-likeness (QED) is 0.546. The molecule has 0 bridgehead atoms. The van der Waals surface area contributed by atoms with Gasteiger partial charge in [0.15, 0.2) is 0 Å². The van der Waals surface area contributed by atoms with Gasteiger partial charge in [0.1, 0.15) is 19.2 Å². The lowest BCUT2D eigenvalue weighted by molar-refractivity contribution is -0.921. The van der Waals surface area contributed by atoms with Gasteiger partial charge in [-0.3, -0.25) is 0 Å². The van der Waals surface area contributed by atoms with Gasteiger partial charge in [-0.15, -0.1) is 0 Å². The lowest BCUT2D eigenvalue weighted by Crippen LogP contribution is -3.12. The maximum atomic E-state index is 9.97. The average Bonchev–Trinajstić information content (AvgIpc) is 2.61. The predicted octanol–water partition coefficient (Wildman–Crippen LogP) is 3.12. The Hall–Kier alpha value is -2.16. The smallest absolute Gasteiger partial charge is 0.104 e. The molecule has 0 spiro atoms. The predicted molar refractivity (Wildman–Crippen MR) is 99.8 cm³/mol. The number of piperidine rings is 1. The Labute approximate surface area is 141 Å². The summed E-state index contributed by atoms with van der Waals surface area (Å²) in [4.78, 5) is 1.50. The fourth-order valence-corrected chi connectivity index (χ4v) is 4.50. The van der Waals surface area contributed by atoms with Crippen LogP contribution in [0.1, 0.15) is 18.4 Å². The first kappa shape index (κ1) is 14.2. The molecule has 4 aromatic rings. The van der Waals surface area contributed by atoms with Crippen LogP contribution in [0.25, 0.3) is 32.3 Å². The van der Waals surface area contributed by atoms with Crippen LogP contribution in [0.5, 0.6) is 0 Å². The highest BCUT2D eigenvalue weighted by atomic mass is 16.3. The third-order valence-electron chi connectivity index (χ3n) is 5.65. The number of aliphatic hydroxyl groups is 1. The van der Waals surface area contributed by atoms with Crippen LogP contribution in [-0.4, -0.2) is 24.3 Å². The molecule has 0 aliphatic carbocycles. The van der Waals surface area contributed by atoms with Gasteiger partial charge in [0, 0.05) is 5.56 Å². The number of hydrogen-bond donors (Lipinski definition) is 2. The number of quaternary nitrogens is 1. The van der Waals surface area contributed by atoms with E-state index in [1.54, 1.807) is 0 Å². The lowest BCUT2D eigenvalue weighted by Gasteiger charge is -2.27. The zero-order valence-electron chi connectivity index (χ0n) is 13.8. The van der Waals surface area contributed by atoms with Crippen LogP contribution >= 0.6 is 0 Å². The van der Waals surface area contributed by atoms with Gasteiger partial charge in [-0.05, 0) is 45.2 Å². The molecule has 2 nitrogen and oxygen atoms in total. The minimum absolute atomic E-state index is 0.131. The van der Waals surface area contributed by atoms with E-state index < -0.39 is 0 Å². The van der Waals surface area contributed by atoms with Gasteiger partial charge < -0.3 is 10.0 Å². The van der Waals surface area contributed by atoms with Crippen molar-refractivity contribution in [1.82, 2.24) is 0 Å². The molecular formula is C22H22NO+. The summed E-state index contributed by atoms with van der Waals surface area (Å²) in [6, 6.07) is 20.1. The minimum Gasteiger partial charge on any atom is -0.387 e. The standard InChI is InChI=1S/C22H21NO/c24-19-5-2-12-23(14-19)13-18-9-8-17-7-6-15-3-1-4-16-10-11-20(18)22(17)21(15)16/h1,3-4,6-11,19,24H,2,5,12-14H2/p+1/t19-/m1/s1. The Morgan fingerprint density at radius 1 is 0.875 bits per heavy atom. The molecule has 2 atom stereocenters. The minimum atomic E-state index is -0.131. The van der Waals surface area contributed by atoms with Gasteiger partial charge in [-0.2, -0.15) is 0 Å². The van der Waals surface area contributed by atoms with Gasteiger partial charge in [-0.1, -0.05) is 54.6 Å². The summed E-state index contributed by atoms with van der Waals surface area (Å²) in [6.45, 7) is 3.05. The van der Waals surface area contributed by atoms with Crippen LogP contribution in [0.2, 0.25) is 0 Å². The van der Waals surface area contributed by atoms with Crippen molar-refractivity contribution in [2.24, 2.45) is 0 Å². The fourth-order valence-electron chi connectivity index (χ4n) is 4.50. The number of nitrogens with one attached hydrogen (secondary N) is 1. The average molecular weight is 316 g/mol. The van der Waals surface area contributed by atoms with Crippen LogP contribution < -0.4 is 4.90 Å². The molecule has 24 heavy (non-hydrogen) atoms. The lowest BCUT2D eigenvalue weighted by atomic mass is 9.91. The highest BCUT2D eigenvalue weighted by molar-refractivity contribution is 6.23. The first-order valence-corrected chi connectivity index (χ1v) is 8.96. The Morgan fingerprint density at radius 3 is 2.38 bits per heavy atom. The maximum Gasteiger partial charge on any atom is 0.104 e. The fraction of sp³-hybridized carbons (Fsp3) is 0.273. The Morgan fingerprint density at radius 2 is 1.58 bits per heavy atom. The van der Waals surface area contributed by atoms with Gasteiger partial charge >= 0.3 is 0 Å². The molecule has 5 rings (SSSR count). The molecule has 0 amide bonds. The van der Waals surface area contributed by atoms with Crippen LogP contribution in [0.3, 0.4) is 0 Å². The number of benzene rings is 4. The number of likely N-dealkylation sites (tertiary alicyclic amines) is 1. The first-order valence-electron chi connectivity index (χ1n) is 8.96. The van der Waals surface area contributed by atoms with Crippen molar-refractivity contribution in [1.29, 1.82) is 0 Å². The van der Waals surface area contributed by atoms with Crippen LogP contribution in [0.15, 0.2) is 54.6 Å². The molecule has 1 fully saturated rings. The van der Waals surface area contributed by atoms with Crippen molar-refractivity contribution >= 4 is 32.3 Å². The van der Waals surface area contributed by atoms with Crippen molar-refractivity contribution in [3.8, 4) is 0 Å². The zero-order valence-corrected chi connectivity index (χ0v) is 13.8. The summed E-state index contributed by atoms with van der Waals surface area (Å²) in [5.41, 5.74) is 1.41. The topological polar surface area (TPSA) is 24.7 Å². The summed E-state index contributed by atoms with van der Waals surface area (Å²) in [5, 5.41) is 18.1. The van der Waals surface area contributed by atoms with Crippen LogP contribution in [-0.2, 0) is 6.54 Å². The molecule has 0 saturated carbocycles. The highest BCUT2D eigenvalue weighted by Crippen LogP contribution is 2.35. The molecule has 2 N–H and O–H groups in total. The van der Waals surface area contributed by atoms with Gasteiger partial charge in [0.2, 0.25) is 0 Å². The van der Waals surface area contributed by atoms with Crippen molar-refractivity contribution in [2.75, 3.05) is 13.1 Å². The zero-order chi connectivity index (χ0) is 16.1. The van der Waals surface area contributed by atoms with Crippen molar-refractivity contribution < 1.29 is 10.0 Å². The summed E-state index contributed by atoms with van der Waals surface area (Å²) < 4.78 is 0. The van der Waals surface area contributed by atoms with E-state index in [9.17, 15) is 5.11 Å². The van der Waals surface area contributed by atoms with Crippen LogP contribution in [0, 0.1) is 0 Å². The van der Waals surface area contributed by atoms with E-state index in [1.807, 2.05) is 0 Å². The molecule has 1 heterocycles. The highest BCUT2D eigenvalue weighted by Gasteiger charge is 2.22. The molecule has 1 aliphatic heterocycles. The summed E-state index contributed by atoms with van der Waals surface area (Å²) in [7, 11) is 0. The molecule has 1 aliphatic rings. The van der Waals surface area contributed by atoms with Gasteiger partial charge in [0.05, 0.1) is 6.54 Å². The Balaban J connectivity index is 1.69. The third-order valence-corrected chi connectivity index (χ3v) is 5.65. The SMILES string of the molecule is O[C@@H]1CCC[NH+](Cc2ccc3ccc4cccc5ccc2c3c45)C1.